The van der Waals surface area contributed by atoms with Crippen molar-refractivity contribution in [2.75, 3.05) is 32.7 Å². The van der Waals surface area contributed by atoms with Crippen LogP contribution in [0.1, 0.15) is 22.4 Å². The van der Waals surface area contributed by atoms with E-state index in [4.69, 9.17) is 8.83 Å². The number of aromatic nitrogens is 1. The van der Waals surface area contributed by atoms with Crippen LogP contribution < -0.4 is 5.63 Å². The lowest BCUT2D eigenvalue weighted by molar-refractivity contribution is -0.132. The summed E-state index contributed by atoms with van der Waals surface area (Å²) < 4.78 is 11.1. The highest BCUT2D eigenvalue weighted by molar-refractivity contribution is 5.96. The SMILES string of the molecule is Cc1coc2cc3oc(=O)c(CC(=O)N4CCN(CCc5ccccn5)CC4)c(C)c3cc12. The van der Waals surface area contributed by atoms with Gasteiger partial charge in [-0.3, -0.25) is 14.7 Å². The lowest BCUT2D eigenvalue weighted by atomic mass is 10.0. The van der Waals surface area contributed by atoms with Gasteiger partial charge in [0.15, 0.2) is 0 Å². The maximum Gasteiger partial charge on any atom is 0.340 e. The molecular formula is C26H27N3O4. The standard InChI is InChI=1S/C26H27N3O4/c1-17-16-32-23-15-24-21(13-20(17)23)18(2)22(26(31)33-24)14-25(30)29-11-9-28(10-12-29)8-6-19-5-3-4-7-27-19/h3-5,7,13,15-16H,6,8-12,14H2,1-2H3. The molecule has 3 aromatic heterocycles. The number of hydrogen-bond donors (Lipinski definition) is 0. The third kappa shape index (κ3) is 4.28. The zero-order chi connectivity index (χ0) is 22.9. The van der Waals surface area contributed by atoms with E-state index in [0.717, 1.165) is 53.6 Å². The van der Waals surface area contributed by atoms with Crippen LogP contribution in [0.3, 0.4) is 0 Å². The fourth-order valence-electron chi connectivity index (χ4n) is 4.54. The van der Waals surface area contributed by atoms with Gasteiger partial charge in [0.2, 0.25) is 5.91 Å². The van der Waals surface area contributed by atoms with Gasteiger partial charge in [-0.05, 0) is 43.2 Å². The number of piperazine rings is 1. The Morgan fingerprint density at radius 1 is 1.06 bits per heavy atom. The highest BCUT2D eigenvalue weighted by Crippen LogP contribution is 2.29. The van der Waals surface area contributed by atoms with Crippen molar-refractivity contribution < 1.29 is 13.6 Å². The highest BCUT2D eigenvalue weighted by Gasteiger charge is 2.24. The number of hydrogen-bond acceptors (Lipinski definition) is 6. The molecule has 1 amide bonds. The van der Waals surface area contributed by atoms with Gasteiger partial charge in [0.25, 0.3) is 0 Å². The molecule has 0 unspecified atom stereocenters. The summed E-state index contributed by atoms with van der Waals surface area (Å²) >= 11 is 0. The lowest BCUT2D eigenvalue weighted by Gasteiger charge is -2.34. The molecule has 0 radical (unpaired) electrons. The molecule has 0 spiro atoms. The minimum atomic E-state index is -0.454. The van der Waals surface area contributed by atoms with Crippen LogP contribution in [0.2, 0.25) is 0 Å². The van der Waals surface area contributed by atoms with Gasteiger partial charge >= 0.3 is 5.63 Å². The molecule has 1 fully saturated rings. The molecule has 5 rings (SSSR count). The van der Waals surface area contributed by atoms with Crippen LogP contribution in [0, 0.1) is 13.8 Å². The van der Waals surface area contributed by atoms with Gasteiger partial charge in [-0.2, -0.15) is 0 Å². The second-order valence-corrected chi connectivity index (χ2v) is 8.73. The maximum absolute atomic E-state index is 13.0. The Balaban J connectivity index is 1.27. The van der Waals surface area contributed by atoms with Crippen molar-refractivity contribution in [1.29, 1.82) is 0 Å². The average molecular weight is 446 g/mol. The van der Waals surface area contributed by atoms with Gasteiger partial charge in [-0.15, -0.1) is 0 Å². The monoisotopic (exact) mass is 445 g/mol. The molecule has 0 atom stereocenters. The first-order valence-electron chi connectivity index (χ1n) is 11.3. The van der Waals surface area contributed by atoms with Gasteiger partial charge in [-0.25, -0.2) is 4.79 Å². The van der Waals surface area contributed by atoms with E-state index in [-0.39, 0.29) is 12.3 Å². The second-order valence-electron chi connectivity index (χ2n) is 8.73. The quantitative estimate of drug-likeness (QED) is 0.438. The van der Waals surface area contributed by atoms with Crippen LogP contribution in [-0.2, 0) is 17.6 Å². The Morgan fingerprint density at radius 2 is 1.88 bits per heavy atom. The molecule has 1 saturated heterocycles. The van der Waals surface area contributed by atoms with Crippen molar-refractivity contribution in [2.45, 2.75) is 26.7 Å². The fraction of sp³-hybridized carbons (Fsp3) is 0.346. The number of fused-ring (bicyclic) bond motifs is 2. The summed E-state index contributed by atoms with van der Waals surface area (Å²) in [5.41, 5.74) is 4.06. The molecular weight excluding hydrogens is 418 g/mol. The molecule has 1 aliphatic heterocycles. The first-order chi connectivity index (χ1) is 16.0. The number of amides is 1. The molecule has 1 aromatic carbocycles. The summed E-state index contributed by atoms with van der Waals surface area (Å²) in [6.07, 6.45) is 4.46. The Bertz CT molecular complexity index is 1370. The Morgan fingerprint density at radius 3 is 2.64 bits per heavy atom. The number of nitrogens with zero attached hydrogens (tertiary/aromatic N) is 3. The fourth-order valence-corrected chi connectivity index (χ4v) is 4.54. The van der Waals surface area contributed by atoms with Crippen LogP contribution >= 0.6 is 0 Å². The number of aryl methyl sites for hydroxylation is 2. The minimum Gasteiger partial charge on any atom is -0.464 e. The average Bonchev–Trinajstić information content (AvgIpc) is 3.20. The topological polar surface area (TPSA) is 79.8 Å². The number of pyridine rings is 1. The Labute approximate surface area is 191 Å². The number of carbonyl (C=O) groups excluding carboxylic acids is 1. The van der Waals surface area contributed by atoms with E-state index in [9.17, 15) is 9.59 Å². The van der Waals surface area contributed by atoms with Crippen LogP contribution in [0.25, 0.3) is 21.9 Å². The van der Waals surface area contributed by atoms with Gasteiger partial charge < -0.3 is 13.7 Å². The van der Waals surface area contributed by atoms with Crippen LogP contribution in [-0.4, -0.2) is 53.4 Å². The summed E-state index contributed by atoms with van der Waals surface area (Å²) in [5.74, 6) is -0.0327. The minimum absolute atomic E-state index is 0.0327. The zero-order valence-corrected chi connectivity index (χ0v) is 19.0. The second kappa shape index (κ2) is 8.83. The molecule has 170 valence electrons. The van der Waals surface area contributed by atoms with Gasteiger partial charge in [-0.1, -0.05) is 6.07 Å². The molecule has 4 heterocycles. The highest BCUT2D eigenvalue weighted by atomic mass is 16.4. The van der Waals surface area contributed by atoms with Crippen LogP contribution in [0.4, 0.5) is 0 Å². The molecule has 33 heavy (non-hydrogen) atoms. The van der Waals surface area contributed by atoms with Crippen LogP contribution in [0.5, 0.6) is 0 Å². The summed E-state index contributed by atoms with van der Waals surface area (Å²) in [4.78, 5) is 34.3. The zero-order valence-electron chi connectivity index (χ0n) is 19.0. The first kappa shape index (κ1) is 21.4. The van der Waals surface area contributed by atoms with Gasteiger partial charge in [0, 0.05) is 67.9 Å². The molecule has 1 aliphatic rings. The predicted octanol–water partition coefficient (Wildman–Crippen LogP) is 3.48. The normalized spacial score (nSPS) is 14.9. The van der Waals surface area contributed by atoms with Crippen molar-refractivity contribution in [2.24, 2.45) is 0 Å². The lowest BCUT2D eigenvalue weighted by Crippen LogP contribution is -2.49. The van der Waals surface area contributed by atoms with Crippen molar-refractivity contribution in [3.63, 3.8) is 0 Å². The summed E-state index contributed by atoms with van der Waals surface area (Å²) in [6.45, 7) is 7.75. The van der Waals surface area contributed by atoms with Gasteiger partial charge in [0.1, 0.15) is 11.2 Å². The van der Waals surface area contributed by atoms with E-state index in [1.165, 1.54) is 0 Å². The number of rotatable bonds is 5. The van der Waals surface area contributed by atoms with Gasteiger partial charge in [0.05, 0.1) is 18.2 Å². The largest absolute Gasteiger partial charge is 0.464 e. The summed E-state index contributed by atoms with van der Waals surface area (Å²) in [6, 6.07) is 9.70. The van der Waals surface area contributed by atoms with E-state index in [1.54, 1.807) is 12.3 Å². The number of carbonyl (C=O) groups is 1. The molecule has 7 nitrogen and oxygen atoms in total. The molecule has 0 bridgehead atoms. The van der Waals surface area contributed by atoms with E-state index < -0.39 is 5.63 Å². The molecule has 4 aromatic rings. The molecule has 0 aliphatic carbocycles. The van der Waals surface area contributed by atoms with E-state index >= 15 is 0 Å². The maximum atomic E-state index is 13.0. The molecule has 0 saturated carbocycles. The summed E-state index contributed by atoms with van der Waals surface area (Å²) in [7, 11) is 0. The number of benzene rings is 1. The van der Waals surface area contributed by atoms with Crippen molar-refractivity contribution >= 4 is 27.8 Å². The third-order valence-corrected chi connectivity index (χ3v) is 6.64. The Kier molecular flexibility index (Phi) is 5.72. The van der Waals surface area contributed by atoms with Crippen molar-refractivity contribution in [3.8, 4) is 0 Å². The first-order valence-corrected chi connectivity index (χ1v) is 11.3. The predicted molar refractivity (Wildman–Crippen MR) is 126 cm³/mol. The van der Waals surface area contributed by atoms with Crippen molar-refractivity contribution in [1.82, 2.24) is 14.8 Å². The smallest absolute Gasteiger partial charge is 0.340 e. The van der Waals surface area contributed by atoms with Crippen molar-refractivity contribution in [3.05, 3.63) is 75.6 Å². The number of furan rings is 1. The third-order valence-electron chi connectivity index (χ3n) is 6.64. The Hall–Kier alpha value is -3.45. The van der Waals surface area contributed by atoms with E-state index in [0.29, 0.717) is 29.8 Å². The van der Waals surface area contributed by atoms with Crippen LogP contribution in [0.15, 0.2) is 56.4 Å². The van der Waals surface area contributed by atoms with E-state index in [2.05, 4.69) is 9.88 Å². The molecule has 7 heteroatoms. The summed E-state index contributed by atoms with van der Waals surface area (Å²) in [5, 5.41) is 1.83. The molecule has 0 N–H and O–H groups in total. The van der Waals surface area contributed by atoms with E-state index in [1.807, 2.05) is 49.2 Å².